The average molecular weight is 567 g/mol. The van der Waals surface area contributed by atoms with Gasteiger partial charge in [-0.05, 0) is 49.7 Å². The number of carbonyl (C=O) groups is 1. The molecule has 2 heterocycles. The number of amides is 1. The highest BCUT2D eigenvalue weighted by molar-refractivity contribution is 7.91. The molecule has 0 aliphatic carbocycles. The van der Waals surface area contributed by atoms with Crippen molar-refractivity contribution < 1.29 is 27.1 Å². The lowest BCUT2D eigenvalue weighted by atomic mass is 9.86. The third-order valence-electron chi connectivity index (χ3n) is 5.94. The van der Waals surface area contributed by atoms with E-state index in [2.05, 4.69) is 15.4 Å². The molecule has 0 unspecified atom stereocenters. The lowest BCUT2D eigenvalue weighted by Crippen LogP contribution is -2.51. The summed E-state index contributed by atoms with van der Waals surface area (Å²) in [4.78, 5) is 17.1. The number of nitrogens with zero attached hydrogens (tertiary/aromatic N) is 3. The maximum Gasteiger partial charge on any atom is 0.261 e. The standard InChI is InChI=1S/C24H21ClF2N4O4S2/c1-14-21(37(34,35)18-6-3-16(25)4-7-18)10-36-22(14)23(32)30-15(2)24(33,11-31-13-28-12-29-31)19-8-5-17(26)9-20(19)27/h3-10,12-13,15,33H,11H2,1-2H3,(H,30,32)/t15-,24-/m1/s1. The Hall–Kier alpha value is -3.19. The third-order valence-corrected chi connectivity index (χ3v) is 9.32. The highest BCUT2D eigenvalue weighted by atomic mass is 35.5. The number of sulfone groups is 1. The van der Waals surface area contributed by atoms with Gasteiger partial charge in [-0.25, -0.2) is 26.9 Å². The van der Waals surface area contributed by atoms with Gasteiger partial charge in [-0.3, -0.25) is 4.79 Å². The Kier molecular flexibility index (Phi) is 7.47. The quantitative estimate of drug-likeness (QED) is 0.332. The molecule has 4 aromatic rings. The van der Waals surface area contributed by atoms with Crippen LogP contribution in [0.5, 0.6) is 0 Å². The van der Waals surface area contributed by atoms with Crippen molar-refractivity contribution in [3.63, 3.8) is 0 Å². The van der Waals surface area contributed by atoms with E-state index in [0.29, 0.717) is 11.1 Å². The molecule has 4 rings (SSSR count). The number of carbonyl (C=O) groups excluding carboxylic acids is 1. The molecule has 2 aromatic heterocycles. The fourth-order valence-corrected chi connectivity index (χ4v) is 6.82. The average Bonchev–Trinajstić information content (AvgIpc) is 3.48. The molecule has 0 fully saturated rings. The molecule has 0 bridgehead atoms. The van der Waals surface area contributed by atoms with Crippen LogP contribution >= 0.6 is 22.9 Å². The van der Waals surface area contributed by atoms with Gasteiger partial charge in [0.25, 0.3) is 5.91 Å². The van der Waals surface area contributed by atoms with Crippen LogP contribution in [0.2, 0.25) is 5.02 Å². The molecule has 1 amide bonds. The molecular weight excluding hydrogens is 546 g/mol. The molecule has 2 aromatic carbocycles. The van der Waals surface area contributed by atoms with E-state index < -0.39 is 39.0 Å². The Balaban J connectivity index is 1.65. The van der Waals surface area contributed by atoms with Crippen LogP contribution in [0.4, 0.5) is 8.78 Å². The number of hydrogen-bond donors (Lipinski definition) is 2. The van der Waals surface area contributed by atoms with Crippen LogP contribution < -0.4 is 5.32 Å². The zero-order valence-electron chi connectivity index (χ0n) is 19.5. The molecule has 194 valence electrons. The zero-order chi connectivity index (χ0) is 27.0. The molecule has 8 nitrogen and oxygen atoms in total. The van der Waals surface area contributed by atoms with Gasteiger partial charge in [0.2, 0.25) is 9.84 Å². The Labute approximate surface area is 220 Å². The van der Waals surface area contributed by atoms with Crippen LogP contribution in [0.25, 0.3) is 0 Å². The van der Waals surface area contributed by atoms with Crippen molar-refractivity contribution in [3.8, 4) is 0 Å². The van der Waals surface area contributed by atoms with Crippen LogP contribution in [-0.2, 0) is 22.0 Å². The predicted octanol–water partition coefficient (Wildman–Crippen LogP) is 4.12. The number of thiophene rings is 1. The first-order valence-corrected chi connectivity index (χ1v) is 13.6. The predicted molar refractivity (Wildman–Crippen MR) is 133 cm³/mol. The third kappa shape index (κ3) is 5.28. The van der Waals surface area contributed by atoms with Gasteiger partial charge in [0.1, 0.15) is 29.9 Å². The molecule has 2 N–H and O–H groups in total. The van der Waals surface area contributed by atoms with Gasteiger partial charge in [-0.1, -0.05) is 17.7 Å². The van der Waals surface area contributed by atoms with Gasteiger partial charge in [-0.2, -0.15) is 5.10 Å². The van der Waals surface area contributed by atoms with Crippen molar-refractivity contribution in [2.45, 2.75) is 41.8 Å². The van der Waals surface area contributed by atoms with E-state index in [-0.39, 0.29) is 32.3 Å². The van der Waals surface area contributed by atoms with Crippen molar-refractivity contribution in [1.29, 1.82) is 0 Å². The number of aromatic nitrogens is 3. The largest absolute Gasteiger partial charge is 0.381 e. The molecule has 37 heavy (non-hydrogen) atoms. The van der Waals surface area contributed by atoms with E-state index in [1.165, 1.54) is 60.8 Å². The molecule has 0 aliphatic heterocycles. The van der Waals surface area contributed by atoms with Crippen LogP contribution in [0.3, 0.4) is 0 Å². The molecule has 0 radical (unpaired) electrons. The molecular formula is C24H21ClF2N4O4S2. The van der Waals surface area contributed by atoms with Crippen molar-refractivity contribution in [3.05, 3.63) is 93.2 Å². The van der Waals surface area contributed by atoms with Crippen LogP contribution in [-0.4, -0.2) is 40.2 Å². The first-order chi connectivity index (χ1) is 17.4. The monoisotopic (exact) mass is 566 g/mol. The van der Waals surface area contributed by atoms with Gasteiger partial charge >= 0.3 is 0 Å². The second-order valence-corrected chi connectivity index (χ2v) is 11.6. The van der Waals surface area contributed by atoms with Crippen molar-refractivity contribution in [1.82, 2.24) is 20.1 Å². The van der Waals surface area contributed by atoms with Crippen molar-refractivity contribution >= 4 is 38.7 Å². The van der Waals surface area contributed by atoms with Gasteiger partial charge in [-0.15, -0.1) is 11.3 Å². The SMILES string of the molecule is Cc1c(S(=O)(=O)c2ccc(Cl)cc2)csc1C(=O)N[C@H](C)[C@](O)(Cn1cncn1)c1ccc(F)cc1F. The molecule has 0 spiro atoms. The second-order valence-electron chi connectivity index (χ2n) is 8.35. The highest BCUT2D eigenvalue weighted by Crippen LogP contribution is 2.33. The number of benzene rings is 2. The fourth-order valence-electron chi connectivity index (χ4n) is 3.87. The molecule has 0 saturated heterocycles. The van der Waals surface area contributed by atoms with E-state index in [1.54, 1.807) is 0 Å². The first kappa shape index (κ1) is 26.9. The Morgan fingerprint density at radius 3 is 2.57 bits per heavy atom. The van der Waals surface area contributed by atoms with Gasteiger partial charge in [0, 0.05) is 22.0 Å². The number of nitrogens with one attached hydrogen (secondary N) is 1. The smallest absolute Gasteiger partial charge is 0.261 e. The number of rotatable bonds is 8. The summed E-state index contributed by atoms with van der Waals surface area (Å²) >= 11 is 6.78. The number of hydrogen-bond acceptors (Lipinski definition) is 7. The molecule has 0 aliphatic rings. The van der Waals surface area contributed by atoms with Crippen molar-refractivity contribution in [2.75, 3.05) is 0 Å². The summed E-state index contributed by atoms with van der Waals surface area (Å²) in [5.41, 5.74) is -2.10. The maximum absolute atomic E-state index is 14.7. The first-order valence-electron chi connectivity index (χ1n) is 10.8. The van der Waals surface area contributed by atoms with Crippen molar-refractivity contribution in [2.24, 2.45) is 0 Å². The zero-order valence-corrected chi connectivity index (χ0v) is 21.9. The molecule has 0 saturated carbocycles. The van der Waals surface area contributed by atoms with E-state index in [1.807, 2.05) is 0 Å². The van der Waals surface area contributed by atoms with Crippen LogP contribution in [0.1, 0.15) is 27.7 Å². The summed E-state index contributed by atoms with van der Waals surface area (Å²) in [6.45, 7) is 2.64. The summed E-state index contributed by atoms with van der Waals surface area (Å²) in [6.07, 6.45) is 2.53. The summed E-state index contributed by atoms with van der Waals surface area (Å²) in [6, 6.07) is 7.26. The summed E-state index contributed by atoms with van der Waals surface area (Å²) in [5.74, 6) is -2.51. The molecule has 13 heteroatoms. The lowest BCUT2D eigenvalue weighted by molar-refractivity contribution is -0.0185. The van der Waals surface area contributed by atoms with Gasteiger partial charge < -0.3 is 10.4 Å². The summed E-state index contributed by atoms with van der Waals surface area (Å²) < 4.78 is 55.8. The van der Waals surface area contributed by atoms with Gasteiger partial charge in [0.15, 0.2) is 0 Å². The van der Waals surface area contributed by atoms with E-state index >= 15 is 0 Å². The second kappa shape index (κ2) is 10.3. The topological polar surface area (TPSA) is 114 Å². The minimum Gasteiger partial charge on any atom is -0.381 e. The van der Waals surface area contributed by atoms with E-state index in [4.69, 9.17) is 11.6 Å². The van der Waals surface area contributed by atoms with Gasteiger partial charge in [0.05, 0.1) is 27.3 Å². The Morgan fingerprint density at radius 1 is 1.24 bits per heavy atom. The maximum atomic E-state index is 14.7. The minimum absolute atomic E-state index is 0.0205. The normalized spacial score (nSPS) is 14.2. The van der Waals surface area contributed by atoms with Crippen LogP contribution in [0, 0.1) is 18.6 Å². The van der Waals surface area contributed by atoms with E-state index in [9.17, 15) is 27.1 Å². The van der Waals surface area contributed by atoms with E-state index in [0.717, 1.165) is 23.5 Å². The molecule has 2 atom stereocenters. The van der Waals surface area contributed by atoms with Crippen LogP contribution in [0.15, 0.2) is 70.3 Å². The highest BCUT2D eigenvalue weighted by Gasteiger charge is 2.40. The lowest BCUT2D eigenvalue weighted by Gasteiger charge is -2.35. The number of halogens is 3. The Morgan fingerprint density at radius 2 is 1.95 bits per heavy atom. The summed E-state index contributed by atoms with van der Waals surface area (Å²) in [5, 5.41) is 19.9. The minimum atomic E-state index is -3.92. The number of aliphatic hydroxyl groups is 1. The Bertz CT molecular complexity index is 1540. The fraction of sp³-hybridized carbons (Fsp3) is 0.208. The summed E-state index contributed by atoms with van der Waals surface area (Å²) in [7, 11) is -3.92.